The van der Waals surface area contributed by atoms with Crippen molar-refractivity contribution in [2.75, 3.05) is 13.2 Å². The molecule has 0 bridgehead atoms. The van der Waals surface area contributed by atoms with E-state index in [2.05, 4.69) is 41.5 Å². The third-order valence-corrected chi connectivity index (χ3v) is 10.6. The van der Waals surface area contributed by atoms with Gasteiger partial charge in [-0.3, -0.25) is 14.4 Å². The Balaban J connectivity index is 4.24. The van der Waals surface area contributed by atoms with Crippen molar-refractivity contribution in [1.82, 2.24) is 0 Å². The lowest BCUT2D eigenvalue weighted by molar-refractivity contribution is -0.167. The van der Waals surface area contributed by atoms with Gasteiger partial charge in [0.15, 0.2) is 6.10 Å². The normalized spacial score (nSPS) is 12.2. The summed E-state index contributed by atoms with van der Waals surface area (Å²) in [7, 11) is 0. The van der Waals surface area contributed by atoms with Crippen LogP contribution in [0.25, 0.3) is 0 Å². The molecule has 0 rings (SSSR count). The third-order valence-electron chi connectivity index (χ3n) is 10.6. The minimum Gasteiger partial charge on any atom is -0.462 e. The topological polar surface area (TPSA) is 78.9 Å². The van der Waals surface area contributed by atoms with Gasteiger partial charge < -0.3 is 14.2 Å². The summed E-state index contributed by atoms with van der Waals surface area (Å²) in [5.41, 5.74) is 0. The van der Waals surface area contributed by atoms with E-state index in [0.717, 1.165) is 75.5 Å². The van der Waals surface area contributed by atoms with Crippen molar-refractivity contribution >= 4 is 17.9 Å². The van der Waals surface area contributed by atoms with Crippen molar-refractivity contribution in [1.29, 1.82) is 0 Å². The first-order chi connectivity index (χ1) is 26.1. The number of hydrogen-bond donors (Lipinski definition) is 0. The summed E-state index contributed by atoms with van der Waals surface area (Å²) in [6.07, 6.45) is 36.9. The maximum absolute atomic E-state index is 12.7. The fourth-order valence-electron chi connectivity index (χ4n) is 7.06. The maximum atomic E-state index is 12.7. The zero-order valence-corrected chi connectivity index (χ0v) is 37.0. The Hall–Kier alpha value is -1.59. The molecule has 320 valence electrons. The van der Waals surface area contributed by atoms with Gasteiger partial charge in [-0.15, -0.1) is 0 Å². The van der Waals surface area contributed by atoms with Gasteiger partial charge in [-0.1, -0.05) is 215 Å². The Morgan fingerprint density at radius 2 is 0.537 bits per heavy atom. The lowest BCUT2D eigenvalue weighted by Gasteiger charge is -2.18. The quantitative estimate of drug-likeness (QED) is 0.0350. The summed E-state index contributed by atoms with van der Waals surface area (Å²) in [4.78, 5) is 37.7. The Kier molecular flexibility index (Phi) is 38.5. The minimum absolute atomic E-state index is 0.0668. The second-order valence-corrected chi connectivity index (χ2v) is 17.8. The molecule has 0 N–H and O–H groups in total. The molecule has 1 atom stereocenters. The number of esters is 3. The molecule has 0 amide bonds. The van der Waals surface area contributed by atoms with Crippen LogP contribution in [0.15, 0.2) is 0 Å². The molecule has 0 radical (unpaired) electrons. The van der Waals surface area contributed by atoms with Crippen molar-refractivity contribution in [2.45, 2.75) is 260 Å². The van der Waals surface area contributed by atoms with Gasteiger partial charge in [-0.05, 0) is 37.0 Å². The predicted octanol–water partition coefficient (Wildman–Crippen LogP) is 14.8. The molecule has 6 heteroatoms. The minimum atomic E-state index is -0.762. The third kappa shape index (κ3) is 41.6. The van der Waals surface area contributed by atoms with Crippen LogP contribution in [0, 0.1) is 17.8 Å². The van der Waals surface area contributed by atoms with E-state index >= 15 is 0 Å². The number of rotatable bonds is 41. The predicted molar refractivity (Wildman–Crippen MR) is 229 cm³/mol. The lowest BCUT2D eigenvalue weighted by Crippen LogP contribution is -2.30. The Labute approximate surface area is 336 Å². The van der Waals surface area contributed by atoms with E-state index in [4.69, 9.17) is 14.2 Å². The average molecular weight is 765 g/mol. The molecule has 0 fully saturated rings. The van der Waals surface area contributed by atoms with Gasteiger partial charge in [-0.25, -0.2) is 0 Å². The van der Waals surface area contributed by atoms with Crippen LogP contribution in [0.5, 0.6) is 0 Å². The number of carbonyl (C=O) groups is 3. The van der Waals surface area contributed by atoms with Crippen LogP contribution in [0.2, 0.25) is 0 Å². The number of ether oxygens (including phenoxy) is 3. The van der Waals surface area contributed by atoms with Crippen LogP contribution in [0.4, 0.5) is 0 Å². The van der Waals surface area contributed by atoms with Crippen molar-refractivity contribution in [3.8, 4) is 0 Å². The van der Waals surface area contributed by atoms with E-state index in [9.17, 15) is 14.4 Å². The van der Waals surface area contributed by atoms with Gasteiger partial charge in [-0.2, -0.15) is 0 Å². The molecule has 0 aliphatic heterocycles. The van der Waals surface area contributed by atoms with Crippen LogP contribution in [0.3, 0.4) is 0 Å². The van der Waals surface area contributed by atoms with Crippen LogP contribution in [-0.4, -0.2) is 37.2 Å². The van der Waals surface area contributed by atoms with Crippen molar-refractivity contribution < 1.29 is 28.6 Å². The fraction of sp³-hybridized carbons (Fsp3) is 0.938. The van der Waals surface area contributed by atoms with Gasteiger partial charge in [0.1, 0.15) is 13.2 Å². The largest absolute Gasteiger partial charge is 0.462 e. The number of carbonyl (C=O) groups excluding carboxylic acids is 3. The summed E-state index contributed by atoms with van der Waals surface area (Å²) in [6, 6.07) is 0. The summed E-state index contributed by atoms with van der Waals surface area (Å²) >= 11 is 0. The van der Waals surface area contributed by atoms with Crippen LogP contribution < -0.4 is 0 Å². The van der Waals surface area contributed by atoms with Gasteiger partial charge in [0.25, 0.3) is 0 Å². The van der Waals surface area contributed by atoms with E-state index in [-0.39, 0.29) is 31.1 Å². The first-order valence-corrected chi connectivity index (χ1v) is 23.6. The van der Waals surface area contributed by atoms with Crippen molar-refractivity contribution in [3.63, 3.8) is 0 Å². The van der Waals surface area contributed by atoms with E-state index in [1.165, 1.54) is 135 Å². The highest BCUT2D eigenvalue weighted by molar-refractivity contribution is 5.71. The van der Waals surface area contributed by atoms with Gasteiger partial charge in [0.2, 0.25) is 0 Å². The Bertz CT molecular complexity index is 837. The summed E-state index contributed by atoms with van der Waals surface area (Å²) in [6.45, 7) is 13.6. The molecule has 0 saturated heterocycles. The summed E-state index contributed by atoms with van der Waals surface area (Å²) < 4.78 is 16.7. The van der Waals surface area contributed by atoms with Gasteiger partial charge in [0.05, 0.1) is 0 Å². The molecular weight excluding hydrogens is 673 g/mol. The van der Waals surface area contributed by atoms with E-state index in [1.54, 1.807) is 0 Å². The molecular formula is C48H92O6. The number of hydrogen-bond acceptors (Lipinski definition) is 6. The zero-order chi connectivity index (χ0) is 39.9. The maximum Gasteiger partial charge on any atom is 0.306 e. The standard InChI is InChI=1S/C48H92O6/c1-42(2)34-28-22-16-13-11-9-7-8-10-12-14-18-25-31-37-46(49)52-40-45(54-48(51)39-33-27-21-20-24-30-36-44(5)6)41-53-47(50)38-32-26-19-15-17-23-29-35-43(3)4/h42-45H,7-41H2,1-6H3/t45-/m1/s1. The highest BCUT2D eigenvalue weighted by Crippen LogP contribution is 2.17. The van der Waals surface area contributed by atoms with E-state index in [0.29, 0.717) is 19.3 Å². The molecule has 0 aromatic rings. The monoisotopic (exact) mass is 765 g/mol. The smallest absolute Gasteiger partial charge is 0.306 e. The van der Waals surface area contributed by atoms with E-state index in [1.807, 2.05) is 0 Å². The fourth-order valence-corrected chi connectivity index (χ4v) is 7.06. The summed E-state index contributed by atoms with van der Waals surface area (Å²) in [5, 5.41) is 0. The second-order valence-electron chi connectivity index (χ2n) is 17.8. The lowest BCUT2D eigenvalue weighted by atomic mass is 10.0. The van der Waals surface area contributed by atoms with E-state index < -0.39 is 6.10 Å². The van der Waals surface area contributed by atoms with Gasteiger partial charge in [0, 0.05) is 19.3 Å². The second kappa shape index (κ2) is 39.6. The van der Waals surface area contributed by atoms with Gasteiger partial charge >= 0.3 is 17.9 Å². The van der Waals surface area contributed by atoms with Crippen molar-refractivity contribution in [2.24, 2.45) is 17.8 Å². The Morgan fingerprint density at radius 3 is 0.796 bits per heavy atom. The zero-order valence-electron chi connectivity index (χ0n) is 37.0. The molecule has 0 heterocycles. The molecule has 54 heavy (non-hydrogen) atoms. The summed E-state index contributed by atoms with van der Waals surface area (Å²) in [5.74, 6) is 1.52. The molecule has 0 unspecified atom stereocenters. The number of unbranched alkanes of at least 4 members (excludes halogenated alkanes) is 24. The molecule has 0 aliphatic rings. The van der Waals surface area contributed by atoms with Crippen molar-refractivity contribution in [3.05, 3.63) is 0 Å². The highest BCUT2D eigenvalue weighted by Gasteiger charge is 2.19. The van der Waals surface area contributed by atoms with Crippen LogP contribution in [0.1, 0.15) is 253 Å². The molecule has 0 spiro atoms. The average Bonchev–Trinajstić information content (AvgIpc) is 3.12. The van der Waals surface area contributed by atoms with Crippen LogP contribution in [-0.2, 0) is 28.6 Å². The SMILES string of the molecule is CC(C)CCCCCCCCCCCCCCCCC(=O)OC[C@H](COC(=O)CCCCCCCCCC(C)C)OC(=O)CCCCCCCCC(C)C. The molecule has 0 saturated carbocycles. The molecule has 0 aromatic carbocycles. The molecule has 0 aliphatic carbocycles. The molecule has 6 nitrogen and oxygen atoms in total. The Morgan fingerprint density at radius 1 is 0.315 bits per heavy atom. The first kappa shape index (κ1) is 52.4. The van der Waals surface area contributed by atoms with Crippen LogP contribution >= 0.6 is 0 Å². The first-order valence-electron chi connectivity index (χ1n) is 23.6. The highest BCUT2D eigenvalue weighted by atomic mass is 16.6. The molecule has 0 aromatic heterocycles.